The van der Waals surface area contributed by atoms with Crippen LogP contribution in [0.2, 0.25) is 0 Å². The number of benzene rings is 2. The number of rotatable bonds is 12. The molecule has 1 atom stereocenters. The zero-order valence-corrected chi connectivity index (χ0v) is 23.1. The third-order valence-electron chi connectivity index (χ3n) is 6.17. The Balaban J connectivity index is 1.73. The number of carbonyl (C=O) groups excluding carboxylic acids is 3. The second-order valence-electron chi connectivity index (χ2n) is 9.02. The van der Waals surface area contributed by atoms with E-state index in [9.17, 15) is 19.5 Å². The Labute approximate surface area is 236 Å². The molecule has 0 fully saturated rings. The van der Waals surface area contributed by atoms with Crippen LogP contribution in [0.5, 0.6) is 5.75 Å². The van der Waals surface area contributed by atoms with E-state index >= 15 is 0 Å². The third kappa shape index (κ3) is 6.21. The Morgan fingerprint density at radius 1 is 1.15 bits per heavy atom. The van der Waals surface area contributed by atoms with Crippen LogP contribution in [-0.4, -0.2) is 41.0 Å². The molecule has 1 aliphatic rings. The van der Waals surface area contributed by atoms with Crippen molar-refractivity contribution < 1.29 is 29.0 Å². The molecule has 2 heterocycles. The lowest BCUT2D eigenvalue weighted by molar-refractivity contribution is -0.117. The van der Waals surface area contributed by atoms with Crippen molar-refractivity contribution in [2.24, 2.45) is 0 Å². The second kappa shape index (κ2) is 13.0. The summed E-state index contributed by atoms with van der Waals surface area (Å²) < 4.78 is 10.9. The Bertz CT molecular complexity index is 1460. The average molecular weight is 559 g/mol. The number of carbonyl (C=O) groups is 3. The molecule has 1 unspecified atom stereocenters. The Kier molecular flexibility index (Phi) is 9.29. The number of nitrogens with zero attached hydrogens (tertiary/aromatic N) is 2. The summed E-state index contributed by atoms with van der Waals surface area (Å²) in [6, 6.07) is 15.3. The molecule has 1 amide bonds. The highest BCUT2D eigenvalue weighted by Crippen LogP contribution is 2.43. The Hall–Kier alpha value is -4.50. The zero-order valence-electron chi connectivity index (χ0n) is 22.3. The third-order valence-corrected chi connectivity index (χ3v) is 7.31. The van der Waals surface area contributed by atoms with Crippen LogP contribution in [0.1, 0.15) is 52.3 Å². The van der Waals surface area contributed by atoms with Gasteiger partial charge in [-0.2, -0.15) is 0 Å². The number of esters is 1. The maximum atomic E-state index is 13.5. The minimum Gasteiger partial charge on any atom is -0.503 e. The standard InChI is InChI=1S/C31H30N2O6S/c1-4-6-19-38-23-15-13-22(14-16-23)26-25(24(34)17-12-21-10-8-7-9-11-21)27(35)29(36)33(26)31-32-20(3)28(40-31)30(37)39-18-5-2/h5,7-17,26,35H,2,4,6,18-19H2,1,3H3. The van der Waals surface area contributed by atoms with E-state index in [0.717, 1.165) is 29.7 Å². The molecule has 3 aromatic rings. The molecule has 2 aromatic carbocycles. The molecule has 0 saturated carbocycles. The van der Waals surface area contributed by atoms with E-state index in [0.29, 0.717) is 23.6 Å². The summed E-state index contributed by atoms with van der Waals surface area (Å²) in [4.78, 5) is 45.4. The van der Waals surface area contributed by atoms with Crippen molar-refractivity contribution in [1.82, 2.24) is 4.98 Å². The van der Waals surface area contributed by atoms with E-state index in [1.165, 1.54) is 17.1 Å². The highest BCUT2D eigenvalue weighted by atomic mass is 32.1. The molecule has 1 aromatic heterocycles. The van der Waals surface area contributed by atoms with Crippen molar-refractivity contribution in [2.45, 2.75) is 32.7 Å². The first kappa shape index (κ1) is 28.5. The molecule has 40 heavy (non-hydrogen) atoms. The average Bonchev–Trinajstić information content (AvgIpc) is 3.47. The molecule has 1 N–H and O–H groups in total. The van der Waals surface area contributed by atoms with E-state index < -0.39 is 29.5 Å². The molecule has 4 rings (SSSR count). The summed E-state index contributed by atoms with van der Waals surface area (Å²) in [5.74, 6) is -1.93. The predicted octanol–water partition coefficient (Wildman–Crippen LogP) is 6.16. The van der Waals surface area contributed by atoms with Gasteiger partial charge in [-0.25, -0.2) is 9.78 Å². The summed E-state index contributed by atoms with van der Waals surface area (Å²) in [6.07, 6.45) is 6.32. The largest absolute Gasteiger partial charge is 0.503 e. The van der Waals surface area contributed by atoms with E-state index in [-0.39, 0.29) is 22.2 Å². The number of amides is 1. The van der Waals surface area contributed by atoms with Gasteiger partial charge < -0.3 is 14.6 Å². The summed E-state index contributed by atoms with van der Waals surface area (Å²) in [5, 5.41) is 11.1. The predicted molar refractivity (Wildman–Crippen MR) is 155 cm³/mol. The van der Waals surface area contributed by atoms with Gasteiger partial charge in [0.25, 0.3) is 5.91 Å². The van der Waals surface area contributed by atoms with Crippen LogP contribution in [0.25, 0.3) is 6.08 Å². The molecule has 8 nitrogen and oxygen atoms in total. The molecule has 0 aliphatic carbocycles. The minimum atomic E-state index is -0.979. The number of unbranched alkanes of at least 4 members (excludes halogenated alkanes) is 1. The van der Waals surface area contributed by atoms with Crippen molar-refractivity contribution in [3.8, 4) is 5.75 Å². The maximum Gasteiger partial charge on any atom is 0.350 e. The van der Waals surface area contributed by atoms with E-state index in [4.69, 9.17) is 9.47 Å². The number of aromatic nitrogens is 1. The second-order valence-corrected chi connectivity index (χ2v) is 9.99. The highest BCUT2D eigenvalue weighted by molar-refractivity contribution is 7.17. The normalized spacial score (nSPS) is 15.1. The molecule has 1 aliphatic heterocycles. The zero-order chi connectivity index (χ0) is 28.6. The van der Waals surface area contributed by atoms with Gasteiger partial charge >= 0.3 is 5.97 Å². The minimum absolute atomic E-state index is 0.0260. The number of aryl methyl sites for hydroxylation is 1. The number of aliphatic hydroxyl groups excluding tert-OH is 1. The fourth-order valence-corrected chi connectivity index (χ4v) is 5.14. The van der Waals surface area contributed by atoms with E-state index in [1.807, 2.05) is 30.3 Å². The molecule has 206 valence electrons. The van der Waals surface area contributed by atoms with Crippen LogP contribution in [-0.2, 0) is 14.3 Å². The van der Waals surface area contributed by atoms with Crippen LogP contribution in [0, 0.1) is 6.92 Å². The topological polar surface area (TPSA) is 106 Å². The van der Waals surface area contributed by atoms with Crippen LogP contribution in [0.4, 0.5) is 5.13 Å². The lowest BCUT2D eigenvalue weighted by Crippen LogP contribution is -2.30. The van der Waals surface area contributed by atoms with Gasteiger partial charge in [-0.05, 0) is 42.7 Å². The fraction of sp³-hybridized carbons (Fsp3) is 0.226. The van der Waals surface area contributed by atoms with Gasteiger partial charge in [-0.3, -0.25) is 14.5 Å². The first-order chi connectivity index (χ1) is 19.3. The number of ether oxygens (including phenoxy) is 2. The van der Waals surface area contributed by atoms with Gasteiger partial charge in [0, 0.05) is 0 Å². The number of aliphatic hydroxyl groups is 1. The van der Waals surface area contributed by atoms with Crippen molar-refractivity contribution >= 4 is 40.2 Å². The molecular weight excluding hydrogens is 528 g/mol. The molecule has 9 heteroatoms. The van der Waals surface area contributed by atoms with Crippen molar-refractivity contribution in [2.75, 3.05) is 18.1 Å². The van der Waals surface area contributed by atoms with Gasteiger partial charge in [0.2, 0.25) is 0 Å². The van der Waals surface area contributed by atoms with Gasteiger partial charge in [0.15, 0.2) is 16.7 Å². The maximum absolute atomic E-state index is 13.5. The van der Waals surface area contributed by atoms with Crippen molar-refractivity contribution in [3.05, 3.63) is 106 Å². The fourth-order valence-electron chi connectivity index (χ4n) is 4.15. The monoisotopic (exact) mass is 558 g/mol. The number of hydrogen-bond acceptors (Lipinski definition) is 8. The van der Waals surface area contributed by atoms with Gasteiger partial charge in [0.05, 0.1) is 23.9 Å². The van der Waals surface area contributed by atoms with Gasteiger partial charge in [0.1, 0.15) is 17.2 Å². The van der Waals surface area contributed by atoms with Crippen molar-refractivity contribution in [3.63, 3.8) is 0 Å². The first-order valence-electron chi connectivity index (χ1n) is 12.9. The molecule has 0 bridgehead atoms. The lowest BCUT2D eigenvalue weighted by atomic mass is 9.95. The quantitative estimate of drug-likeness (QED) is 0.123. The van der Waals surface area contributed by atoms with Crippen LogP contribution in [0.3, 0.4) is 0 Å². The SMILES string of the molecule is C=CCOC(=O)c1sc(N2C(=O)C(O)=C(C(=O)C=Cc3ccccc3)C2c2ccc(OCCCC)cc2)nc1C. The van der Waals surface area contributed by atoms with Gasteiger partial charge in [-0.1, -0.05) is 85.9 Å². The molecule has 0 saturated heterocycles. The van der Waals surface area contributed by atoms with Crippen molar-refractivity contribution in [1.29, 1.82) is 0 Å². The number of anilines is 1. The first-order valence-corrected chi connectivity index (χ1v) is 13.7. The smallest absolute Gasteiger partial charge is 0.350 e. The van der Waals surface area contributed by atoms with Crippen LogP contribution >= 0.6 is 11.3 Å². The number of thiazole rings is 1. The molecule has 0 spiro atoms. The van der Waals surface area contributed by atoms with Crippen LogP contribution in [0.15, 0.2) is 84.7 Å². The number of hydrogen-bond donors (Lipinski definition) is 1. The number of allylic oxidation sites excluding steroid dienone is 1. The van der Waals surface area contributed by atoms with E-state index in [1.54, 1.807) is 37.3 Å². The highest BCUT2D eigenvalue weighted by Gasteiger charge is 2.45. The van der Waals surface area contributed by atoms with Gasteiger partial charge in [-0.15, -0.1) is 0 Å². The summed E-state index contributed by atoms with van der Waals surface area (Å²) in [5.41, 5.74) is 1.64. The number of ketones is 1. The Morgan fingerprint density at radius 3 is 2.55 bits per heavy atom. The lowest BCUT2D eigenvalue weighted by Gasteiger charge is -2.24. The molecule has 0 radical (unpaired) electrons. The summed E-state index contributed by atoms with van der Waals surface area (Å²) in [6.45, 7) is 7.85. The van der Waals surface area contributed by atoms with E-state index in [2.05, 4.69) is 18.5 Å². The summed E-state index contributed by atoms with van der Waals surface area (Å²) >= 11 is 0.954. The molecular formula is C31H30N2O6S. The summed E-state index contributed by atoms with van der Waals surface area (Å²) in [7, 11) is 0. The Morgan fingerprint density at radius 2 is 1.88 bits per heavy atom. The van der Waals surface area contributed by atoms with Crippen LogP contribution < -0.4 is 9.64 Å².